The number of hydrogen-bond acceptors (Lipinski definition) is 10. The Morgan fingerprint density at radius 2 is 1.97 bits per heavy atom. The summed E-state index contributed by atoms with van der Waals surface area (Å²) < 4.78 is 33.0. The van der Waals surface area contributed by atoms with Gasteiger partial charge in [0.15, 0.2) is 5.44 Å². The number of anilines is 2. The van der Waals surface area contributed by atoms with E-state index in [1.165, 1.54) is 24.5 Å². The molecule has 2 N–H and O–H groups in total. The highest BCUT2D eigenvalue weighted by molar-refractivity contribution is 7.92. The summed E-state index contributed by atoms with van der Waals surface area (Å²) in [6.45, 7) is 1.02. The van der Waals surface area contributed by atoms with Crippen LogP contribution in [0.4, 0.5) is 17.3 Å². The number of nitrogens with zero attached hydrogens (tertiary/aromatic N) is 4. The molecular formula is C23H24N6O5S. The number of nitro groups is 1. The number of rotatable bonds is 6. The summed E-state index contributed by atoms with van der Waals surface area (Å²) >= 11 is 0. The van der Waals surface area contributed by atoms with E-state index < -0.39 is 26.4 Å². The average Bonchev–Trinajstić information content (AvgIpc) is 2.99. The van der Waals surface area contributed by atoms with Crippen molar-refractivity contribution in [3.8, 4) is 0 Å². The van der Waals surface area contributed by atoms with Crippen molar-refractivity contribution in [1.82, 2.24) is 15.3 Å². The molecule has 1 saturated heterocycles. The van der Waals surface area contributed by atoms with Gasteiger partial charge < -0.3 is 15.0 Å². The first-order valence-corrected chi connectivity index (χ1v) is 12.6. The third-order valence-electron chi connectivity index (χ3n) is 6.12. The van der Waals surface area contributed by atoms with Crippen LogP contribution in [0.15, 0.2) is 65.8 Å². The van der Waals surface area contributed by atoms with Crippen molar-refractivity contribution >= 4 is 27.2 Å². The molecule has 3 heterocycles. The van der Waals surface area contributed by atoms with Gasteiger partial charge in [0.2, 0.25) is 9.84 Å². The summed E-state index contributed by atoms with van der Waals surface area (Å²) in [6, 6.07) is 14.7. The van der Waals surface area contributed by atoms with Crippen LogP contribution in [-0.4, -0.2) is 48.4 Å². The van der Waals surface area contributed by atoms with Crippen LogP contribution in [0.1, 0.15) is 23.8 Å². The molecule has 1 unspecified atom stereocenters. The van der Waals surface area contributed by atoms with Crippen LogP contribution in [0, 0.1) is 10.1 Å². The monoisotopic (exact) mass is 496 g/mol. The zero-order valence-corrected chi connectivity index (χ0v) is 19.7. The second-order valence-electron chi connectivity index (χ2n) is 8.53. The maximum atomic E-state index is 13.4. The topological polar surface area (TPSA) is 140 Å². The van der Waals surface area contributed by atoms with Crippen molar-refractivity contribution in [2.45, 2.75) is 35.6 Å². The van der Waals surface area contributed by atoms with Crippen molar-refractivity contribution in [3.05, 3.63) is 82.2 Å². The molecule has 0 saturated carbocycles. The molecule has 3 aromatic rings. The van der Waals surface area contributed by atoms with Gasteiger partial charge in [-0.25, -0.2) is 18.4 Å². The van der Waals surface area contributed by atoms with Gasteiger partial charge in [0, 0.05) is 44.7 Å². The Hall–Kier alpha value is -3.61. The third-order valence-corrected chi connectivity index (χ3v) is 8.03. The lowest BCUT2D eigenvalue weighted by Crippen LogP contribution is -2.48. The lowest BCUT2D eigenvalue weighted by atomic mass is 10.1. The van der Waals surface area contributed by atoms with E-state index in [-0.39, 0.29) is 23.0 Å². The summed E-state index contributed by atoms with van der Waals surface area (Å²) in [7, 11) is -2.11. The number of aromatic nitrogens is 2. The highest BCUT2D eigenvalue weighted by Gasteiger charge is 2.42. The SMILES string of the molecule is CN(Cc1ccccc1)c1ncnc2c1[C@@H]1N[C@H](CN2)CC(S(=O)(=O)c2cccc([N+](=O)[O-])c2)O1. The van der Waals surface area contributed by atoms with Crippen LogP contribution in [0.5, 0.6) is 0 Å². The predicted molar refractivity (Wildman–Crippen MR) is 129 cm³/mol. The fourth-order valence-corrected chi connectivity index (χ4v) is 6.01. The van der Waals surface area contributed by atoms with Gasteiger partial charge in [0.25, 0.3) is 5.69 Å². The molecule has 2 bridgehead atoms. The van der Waals surface area contributed by atoms with Gasteiger partial charge in [0.1, 0.15) is 24.2 Å². The van der Waals surface area contributed by atoms with E-state index in [9.17, 15) is 18.5 Å². The van der Waals surface area contributed by atoms with Crippen LogP contribution < -0.4 is 15.5 Å². The van der Waals surface area contributed by atoms with E-state index in [1.54, 1.807) is 0 Å². The number of hydrogen-bond donors (Lipinski definition) is 2. The minimum atomic E-state index is -4.01. The number of sulfone groups is 1. The standard InChI is InChI=1S/C23H24N6O5S/c1-28(13-15-6-3-2-4-7-15)22-20-21(25-14-26-22)24-12-16-10-19(34-23(20)27-16)35(32,33)18-9-5-8-17(11-18)29(30)31/h2-9,11,14,16,19,23,27H,10,12-13H2,1H3,(H,24,25,26)/t16-,19?,23+/m0/s1. The minimum absolute atomic E-state index is 0.144. The fourth-order valence-electron chi connectivity index (χ4n) is 4.41. The summed E-state index contributed by atoms with van der Waals surface area (Å²) in [4.78, 5) is 21.2. The average molecular weight is 497 g/mol. The van der Waals surface area contributed by atoms with Gasteiger partial charge in [-0.05, 0) is 11.6 Å². The Labute approximate surface area is 202 Å². The molecule has 5 rings (SSSR count). The Balaban J connectivity index is 1.48. The summed E-state index contributed by atoms with van der Waals surface area (Å²) in [5.74, 6) is 1.18. The molecule has 1 fully saturated rings. The van der Waals surface area contributed by atoms with Crippen LogP contribution >= 0.6 is 0 Å². The Bertz CT molecular complexity index is 1350. The molecule has 2 aromatic carbocycles. The molecular weight excluding hydrogens is 472 g/mol. The number of fused-ring (bicyclic) bond motifs is 4. The van der Waals surface area contributed by atoms with Crippen LogP contribution in [0.3, 0.4) is 0 Å². The third kappa shape index (κ3) is 4.55. The molecule has 0 spiro atoms. The van der Waals surface area contributed by atoms with Crippen molar-refractivity contribution in [2.75, 3.05) is 23.8 Å². The molecule has 2 aliphatic heterocycles. The first-order valence-electron chi connectivity index (χ1n) is 11.1. The maximum absolute atomic E-state index is 13.4. The van der Waals surface area contributed by atoms with Crippen LogP contribution in [0.2, 0.25) is 0 Å². The molecule has 11 nitrogen and oxygen atoms in total. The van der Waals surface area contributed by atoms with Gasteiger partial charge in [0.05, 0.1) is 15.4 Å². The number of benzene rings is 2. The lowest BCUT2D eigenvalue weighted by Gasteiger charge is -2.35. The maximum Gasteiger partial charge on any atom is 0.270 e. The number of ether oxygens (including phenoxy) is 1. The van der Waals surface area contributed by atoms with Crippen molar-refractivity contribution in [1.29, 1.82) is 0 Å². The largest absolute Gasteiger partial charge is 0.368 e. The zero-order chi connectivity index (χ0) is 24.6. The van der Waals surface area contributed by atoms with Gasteiger partial charge in [-0.2, -0.15) is 0 Å². The molecule has 12 heteroatoms. The Morgan fingerprint density at radius 1 is 1.17 bits per heavy atom. The van der Waals surface area contributed by atoms with Gasteiger partial charge in [-0.3, -0.25) is 15.4 Å². The lowest BCUT2D eigenvalue weighted by molar-refractivity contribution is -0.385. The van der Waals surface area contributed by atoms with Gasteiger partial charge in [-0.15, -0.1) is 0 Å². The van der Waals surface area contributed by atoms with Crippen molar-refractivity contribution in [2.24, 2.45) is 0 Å². The number of nitrogens with one attached hydrogen (secondary N) is 2. The first-order chi connectivity index (χ1) is 16.8. The molecule has 0 amide bonds. The van der Waals surface area contributed by atoms with Crippen LogP contribution in [0.25, 0.3) is 0 Å². The van der Waals surface area contributed by atoms with Crippen molar-refractivity contribution in [3.63, 3.8) is 0 Å². The molecule has 2 aliphatic rings. The highest BCUT2D eigenvalue weighted by atomic mass is 32.2. The van der Waals surface area contributed by atoms with Gasteiger partial charge in [-0.1, -0.05) is 36.4 Å². The first kappa shape index (κ1) is 23.1. The smallest absolute Gasteiger partial charge is 0.270 e. The Kier molecular flexibility index (Phi) is 6.09. The predicted octanol–water partition coefficient (Wildman–Crippen LogP) is 2.62. The highest BCUT2D eigenvalue weighted by Crippen LogP contribution is 2.39. The molecule has 35 heavy (non-hydrogen) atoms. The molecule has 3 atom stereocenters. The van der Waals surface area contributed by atoms with E-state index in [1.807, 2.05) is 42.3 Å². The summed E-state index contributed by atoms with van der Waals surface area (Å²) in [6.07, 6.45) is 0.854. The van der Waals surface area contributed by atoms with E-state index >= 15 is 0 Å². The molecule has 0 radical (unpaired) electrons. The second-order valence-corrected chi connectivity index (χ2v) is 10.6. The van der Waals surface area contributed by atoms with Crippen LogP contribution in [-0.2, 0) is 21.1 Å². The second kappa shape index (κ2) is 9.21. The van der Waals surface area contributed by atoms with E-state index in [0.717, 1.165) is 11.6 Å². The Morgan fingerprint density at radius 3 is 2.74 bits per heavy atom. The fraction of sp³-hybridized carbons (Fsp3) is 0.304. The normalized spacial score (nSPS) is 21.3. The van der Waals surface area contributed by atoms with E-state index in [4.69, 9.17) is 4.74 Å². The van der Waals surface area contributed by atoms with Crippen molar-refractivity contribution < 1.29 is 18.1 Å². The van der Waals surface area contributed by atoms with E-state index in [2.05, 4.69) is 20.6 Å². The zero-order valence-electron chi connectivity index (χ0n) is 18.9. The van der Waals surface area contributed by atoms with Gasteiger partial charge >= 0.3 is 0 Å². The summed E-state index contributed by atoms with van der Waals surface area (Å²) in [5, 5.41) is 17.8. The minimum Gasteiger partial charge on any atom is -0.368 e. The number of nitro benzene ring substituents is 1. The summed E-state index contributed by atoms with van der Waals surface area (Å²) in [5.41, 5.74) is 0.224. The quantitative estimate of drug-likeness (QED) is 0.387. The molecule has 182 valence electrons. The number of non-ortho nitro benzene ring substituents is 1. The molecule has 0 aliphatic carbocycles. The molecule has 1 aromatic heterocycles. The van der Waals surface area contributed by atoms with E-state index in [0.29, 0.717) is 30.3 Å².